The molecular weight excluding hydrogens is 242 g/mol. The Balaban J connectivity index is 1.90. The van der Waals surface area contributed by atoms with Gasteiger partial charge in [-0.15, -0.1) is 0 Å². The molecule has 0 saturated carbocycles. The average molecular weight is 263 g/mol. The number of hydrogen-bond donors (Lipinski definition) is 1. The predicted octanol–water partition coefficient (Wildman–Crippen LogP) is 2.69. The van der Waals surface area contributed by atoms with Gasteiger partial charge in [0.15, 0.2) is 0 Å². The van der Waals surface area contributed by atoms with Crippen molar-refractivity contribution in [1.29, 1.82) is 0 Å². The van der Waals surface area contributed by atoms with E-state index in [4.69, 9.17) is 9.47 Å². The molecule has 1 saturated heterocycles. The second-order valence-corrected chi connectivity index (χ2v) is 5.77. The number of benzene rings is 1. The van der Waals surface area contributed by atoms with Gasteiger partial charge in [0, 0.05) is 12.5 Å². The van der Waals surface area contributed by atoms with Crippen molar-refractivity contribution in [3.63, 3.8) is 0 Å². The Morgan fingerprint density at radius 3 is 2.58 bits per heavy atom. The van der Waals surface area contributed by atoms with Gasteiger partial charge in [-0.1, -0.05) is 30.3 Å². The molecule has 1 fully saturated rings. The molecule has 19 heavy (non-hydrogen) atoms. The maximum absolute atomic E-state index is 11.7. The molecule has 0 bridgehead atoms. The first-order valence-corrected chi connectivity index (χ1v) is 6.59. The molecule has 1 aliphatic rings. The first-order chi connectivity index (χ1) is 8.96. The number of amides is 1. The van der Waals surface area contributed by atoms with Gasteiger partial charge in [-0.3, -0.25) is 0 Å². The number of alkyl carbamates (subject to hydrolysis) is 1. The van der Waals surface area contributed by atoms with E-state index >= 15 is 0 Å². The summed E-state index contributed by atoms with van der Waals surface area (Å²) in [5.41, 5.74) is 0.712. The molecule has 0 spiro atoms. The minimum Gasteiger partial charge on any atom is -0.444 e. The Kier molecular flexibility index (Phi) is 4.10. The van der Waals surface area contributed by atoms with Gasteiger partial charge in [0.05, 0.1) is 12.7 Å². The second kappa shape index (κ2) is 5.61. The maximum Gasteiger partial charge on any atom is 0.407 e. The van der Waals surface area contributed by atoms with Crippen LogP contribution in [0.15, 0.2) is 30.3 Å². The molecule has 2 atom stereocenters. The third-order valence-corrected chi connectivity index (χ3v) is 2.90. The van der Waals surface area contributed by atoms with E-state index in [2.05, 4.69) is 17.4 Å². The van der Waals surface area contributed by atoms with Crippen molar-refractivity contribution < 1.29 is 14.3 Å². The highest BCUT2D eigenvalue weighted by atomic mass is 16.6. The molecular formula is C15H21NO3. The van der Waals surface area contributed by atoms with Crippen LogP contribution >= 0.6 is 0 Å². The van der Waals surface area contributed by atoms with Crippen molar-refractivity contribution in [2.45, 2.75) is 38.4 Å². The lowest BCUT2D eigenvalue weighted by Crippen LogP contribution is -2.35. The summed E-state index contributed by atoms with van der Waals surface area (Å²) in [7, 11) is 0. The molecule has 2 rings (SSSR count). The van der Waals surface area contributed by atoms with E-state index in [1.807, 2.05) is 39.0 Å². The molecule has 1 N–H and O–H groups in total. The number of hydrogen-bond acceptors (Lipinski definition) is 3. The Hall–Kier alpha value is -1.55. The molecule has 1 aromatic carbocycles. The van der Waals surface area contributed by atoms with E-state index < -0.39 is 5.60 Å². The molecule has 1 aromatic rings. The van der Waals surface area contributed by atoms with Crippen LogP contribution in [0.5, 0.6) is 0 Å². The molecule has 104 valence electrons. The van der Waals surface area contributed by atoms with Gasteiger partial charge in [0.25, 0.3) is 0 Å². The molecule has 1 unspecified atom stereocenters. The lowest BCUT2D eigenvalue weighted by Gasteiger charge is -2.21. The van der Waals surface area contributed by atoms with Gasteiger partial charge in [-0.2, -0.15) is 0 Å². The quantitative estimate of drug-likeness (QED) is 0.850. The lowest BCUT2D eigenvalue weighted by atomic mass is 9.96. The summed E-state index contributed by atoms with van der Waals surface area (Å²) in [5.74, 6) is 0.189. The Labute approximate surface area is 114 Å². The third kappa shape index (κ3) is 4.56. The van der Waals surface area contributed by atoms with Gasteiger partial charge in [0.1, 0.15) is 5.60 Å². The van der Waals surface area contributed by atoms with Crippen molar-refractivity contribution in [3.05, 3.63) is 35.9 Å². The number of rotatable bonds is 4. The van der Waals surface area contributed by atoms with Crippen LogP contribution in [0, 0.1) is 0 Å². The third-order valence-electron chi connectivity index (χ3n) is 2.90. The topological polar surface area (TPSA) is 50.9 Å². The van der Waals surface area contributed by atoms with Gasteiger partial charge in [-0.25, -0.2) is 4.79 Å². The summed E-state index contributed by atoms with van der Waals surface area (Å²) < 4.78 is 10.6. The smallest absolute Gasteiger partial charge is 0.407 e. The van der Waals surface area contributed by atoms with Crippen LogP contribution in [-0.2, 0) is 9.47 Å². The molecule has 0 aliphatic carbocycles. The number of ether oxygens (including phenoxy) is 2. The van der Waals surface area contributed by atoms with Crippen LogP contribution < -0.4 is 5.32 Å². The number of nitrogens with one attached hydrogen (secondary N) is 1. The van der Waals surface area contributed by atoms with Crippen molar-refractivity contribution >= 4 is 6.09 Å². The van der Waals surface area contributed by atoms with Gasteiger partial charge >= 0.3 is 6.09 Å². The number of carbonyl (C=O) groups excluding carboxylic acids is 1. The van der Waals surface area contributed by atoms with E-state index in [9.17, 15) is 4.79 Å². The number of epoxide rings is 1. The molecule has 1 heterocycles. The van der Waals surface area contributed by atoms with E-state index in [0.717, 1.165) is 6.61 Å². The zero-order valence-electron chi connectivity index (χ0n) is 11.7. The fourth-order valence-corrected chi connectivity index (χ4v) is 1.96. The lowest BCUT2D eigenvalue weighted by molar-refractivity contribution is 0.0523. The van der Waals surface area contributed by atoms with E-state index in [1.165, 1.54) is 5.56 Å². The minimum atomic E-state index is -0.470. The van der Waals surface area contributed by atoms with Crippen LogP contribution in [0.2, 0.25) is 0 Å². The number of carbonyl (C=O) groups is 1. The normalized spacial score (nSPS) is 19.6. The van der Waals surface area contributed by atoms with Gasteiger partial charge < -0.3 is 14.8 Å². The van der Waals surface area contributed by atoms with E-state index in [0.29, 0.717) is 6.54 Å². The highest BCUT2D eigenvalue weighted by Crippen LogP contribution is 2.29. The van der Waals surface area contributed by atoms with Crippen molar-refractivity contribution in [3.8, 4) is 0 Å². The molecule has 1 aliphatic heterocycles. The first kappa shape index (κ1) is 13.9. The first-order valence-electron chi connectivity index (χ1n) is 6.59. The predicted molar refractivity (Wildman–Crippen MR) is 73.2 cm³/mol. The standard InChI is InChI=1S/C15H21NO3/c1-15(2,3)19-14(17)16-9-12(13-10-18-13)11-7-5-4-6-8-11/h4-8,12-13H,9-10H2,1-3H3,(H,16,17)/t12-,13?/m0/s1. The van der Waals surface area contributed by atoms with E-state index in [1.54, 1.807) is 0 Å². The molecule has 4 heteroatoms. The Bertz CT molecular complexity index is 421. The summed E-state index contributed by atoms with van der Waals surface area (Å²) in [6, 6.07) is 10.1. The second-order valence-electron chi connectivity index (χ2n) is 5.77. The highest BCUT2D eigenvalue weighted by molar-refractivity contribution is 5.67. The van der Waals surface area contributed by atoms with Crippen LogP contribution in [-0.4, -0.2) is 30.9 Å². The summed E-state index contributed by atoms with van der Waals surface area (Å²) >= 11 is 0. The van der Waals surface area contributed by atoms with Crippen LogP contribution in [0.3, 0.4) is 0 Å². The average Bonchev–Trinajstić information content (AvgIpc) is 3.13. The summed E-state index contributed by atoms with van der Waals surface area (Å²) in [6.07, 6.45) is -0.175. The van der Waals surface area contributed by atoms with Crippen molar-refractivity contribution in [2.75, 3.05) is 13.2 Å². The van der Waals surface area contributed by atoms with Crippen LogP contribution in [0.4, 0.5) is 4.79 Å². The van der Waals surface area contributed by atoms with E-state index in [-0.39, 0.29) is 18.1 Å². The summed E-state index contributed by atoms with van der Waals surface area (Å²) in [6.45, 7) is 6.85. The fraction of sp³-hybridized carbons (Fsp3) is 0.533. The van der Waals surface area contributed by atoms with Crippen molar-refractivity contribution in [2.24, 2.45) is 0 Å². The van der Waals surface area contributed by atoms with Gasteiger partial charge in [-0.05, 0) is 26.3 Å². The van der Waals surface area contributed by atoms with Crippen LogP contribution in [0.25, 0.3) is 0 Å². The molecule has 1 amide bonds. The summed E-state index contributed by atoms with van der Waals surface area (Å²) in [4.78, 5) is 11.7. The Morgan fingerprint density at radius 1 is 1.42 bits per heavy atom. The summed E-state index contributed by atoms with van der Waals surface area (Å²) in [5, 5.41) is 2.82. The molecule has 4 nitrogen and oxygen atoms in total. The van der Waals surface area contributed by atoms with Crippen molar-refractivity contribution in [1.82, 2.24) is 5.32 Å². The Morgan fingerprint density at radius 2 is 2.05 bits per heavy atom. The van der Waals surface area contributed by atoms with Gasteiger partial charge in [0.2, 0.25) is 0 Å². The van der Waals surface area contributed by atoms with Crippen LogP contribution in [0.1, 0.15) is 32.3 Å². The molecule has 0 radical (unpaired) electrons. The minimum absolute atomic E-state index is 0.189. The zero-order chi connectivity index (χ0) is 13.9. The SMILES string of the molecule is CC(C)(C)OC(=O)NC[C@@H](c1ccccc1)C1CO1. The monoisotopic (exact) mass is 263 g/mol. The zero-order valence-corrected chi connectivity index (χ0v) is 11.7. The largest absolute Gasteiger partial charge is 0.444 e. The maximum atomic E-state index is 11.7. The molecule has 0 aromatic heterocycles. The highest BCUT2D eigenvalue weighted by Gasteiger charge is 2.34. The fourth-order valence-electron chi connectivity index (χ4n) is 1.96.